The average Bonchev–Trinajstić information content (AvgIpc) is 2.99. The van der Waals surface area contributed by atoms with Gasteiger partial charge in [0.1, 0.15) is 5.54 Å². The van der Waals surface area contributed by atoms with Crippen LogP contribution in [0.1, 0.15) is 31.2 Å². The highest BCUT2D eigenvalue weighted by atomic mass is 16.2. The first kappa shape index (κ1) is 21.8. The number of imide groups is 1. The fraction of sp³-hybridized carbons (Fsp3) is 0.609. The maximum Gasteiger partial charge on any atom is 0.325 e. The SMILES string of the molecule is CN(C)CC(=O)N1CCC[C@@H](N2C(=O)NC3(CCN(Cc4ccccc4)CC3)C2=O)C1. The molecule has 3 aliphatic rings. The number of likely N-dealkylation sites (N-methyl/N-ethyl adjacent to an activating group) is 1. The first-order chi connectivity index (χ1) is 14.9. The van der Waals surface area contributed by atoms with Crippen molar-refractivity contribution in [2.24, 2.45) is 0 Å². The maximum absolute atomic E-state index is 13.4. The molecule has 3 fully saturated rings. The van der Waals surface area contributed by atoms with Crippen molar-refractivity contribution in [1.29, 1.82) is 0 Å². The molecular formula is C23H33N5O3. The van der Waals surface area contributed by atoms with Crippen LogP contribution in [-0.2, 0) is 16.1 Å². The van der Waals surface area contributed by atoms with E-state index in [2.05, 4.69) is 22.3 Å². The Bertz CT molecular complexity index is 820. The van der Waals surface area contributed by atoms with Gasteiger partial charge >= 0.3 is 6.03 Å². The summed E-state index contributed by atoms with van der Waals surface area (Å²) in [6.07, 6.45) is 2.80. The molecule has 1 N–H and O–H groups in total. The number of urea groups is 1. The fourth-order valence-corrected chi connectivity index (χ4v) is 5.01. The third-order valence-corrected chi connectivity index (χ3v) is 6.72. The molecule has 31 heavy (non-hydrogen) atoms. The van der Waals surface area contributed by atoms with Crippen LogP contribution in [0.25, 0.3) is 0 Å². The van der Waals surface area contributed by atoms with Crippen LogP contribution in [-0.4, -0.2) is 95.8 Å². The van der Waals surface area contributed by atoms with E-state index in [1.165, 1.54) is 10.5 Å². The fourth-order valence-electron chi connectivity index (χ4n) is 5.01. The Labute approximate surface area is 184 Å². The Morgan fingerprint density at radius 2 is 1.84 bits per heavy atom. The highest BCUT2D eigenvalue weighted by Gasteiger charge is 2.54. The highest BCUT2D eigenvalue weighted by molar-refractivity contribution is 6.07. The summed E-state index contributed by atoms with van der Waals surface area (Å²) in [5, 5.41) is 3.03. The maximum atomic E-state index is 13.4. The summed E-state index contributed by atoms with van der Waals surface area (Å²) in [5.41, 5.74) is 0.465. The van der Waals surface area contributed by atoms with Crippen LogP contribution in [0, 0.1) is 0 Å². The molecule has 0 bridgehead atoms. The van der Waals surface area contributed by atoms with Crippen molar-refractivity contribution in [3.05, 3.63) is 35.9 Å². The summed E-state index contributed by atoms with van der Waals surface area (Å²) in [6, 6.07) is 9.77. The van der Waals surface area contributed by atoms with Gasteiger partial charge in [0.15, 0.2) is 0 Å². The second kappa shape index (κ2) is 8.96. The van der Waals surface area contributed by atoms with Crippen LogP contribution < -0.4 is 5.32 Å². The molecule has 8 nitrogen and oxygen atoms in total. The van der Waals surface area contributed by atoms with Crippen molar-refractivity contribution in [2.45, 2.75) is 43.8 Å². The van der Waals surface area contributed by atoms with E-state index in [4.69, 9.17) is 0 Å². The molecule has 168 valence electrons. The van der Waals surface area contributed by atoms with Gasteiger partial charge in [0.25, 0.3) is 5.91 Å². The van der Waals surface area contributed by atoms with E-state index in [1.807, 2.05) is 37.2 Å². The smallest absolute Gasteiger partial charge is 0.325 e. The molecule has 0 aromatic heterocycles. The van der Waals surface area contributed by atoms with Gasteiger partial charge in [-0.25, -0.2) is 4.79 Å². The van der Waals surface area contributed by atoms with E-state index in [0.717, 1.165) is 32.5 Å². The number of nitrogens with zero attached hydrogens (tertiary/aromatic N) is 4. The van der Waals surface area contributed by atoms with E-state index in [-0.39, 0.29) is 23.9 Å². The molecule has 0 saturated carbocycles. The van der Waals surface area contributed by atoms with Crippen LogP contribution in [0.3, 0.4) is 0 Å². The van der Waals surface area contributed by atoms with Crippen molar-refractivity contribution >= 4 is 17.8 Å². The van der Waals surface area contributed by atoms with Crippen LogP contribution in [0.2, 0.25) is 0 Å². The highest BCUT2D eigenvalue weighted by Crippen LogP contribution is 2.32. The molecule has 4 rings (SSSR count). The molecule has 3 heterocycles. The zero-order chi connectivity index (χ0) is 22.0. The Balaban J connectivity index is 1.38. The first-order valence-corrected chi connectivity index (χ1v) is 11.2. The predicted molar refractivity (Wildman–Crippen MR) is 117 cm³/mol. The van der Waals surface area contributed by atoms with E-state index in [0.29, 0.717) is 32.5 Å². The lowest BCUT2D eigenvalue weighted by molar-refractivity contribution is -0.139. The van der Waals surface area contributed by atoms with Gasteiger partial charge in [-0.3, -0.25) is 19.4 Å². The third-order valence-electron chi connectivity index (χ3n) is 6.72. The molecule has 8 heteroatoms. The van der Waals surface area contributed by atoms with Crippen LogP contribution in [0.5, 0.6) is 0 Å². The molecule has 0 aliphatic carbocycles. The molecule has 0 unspecified atom stereocenters. The first-order valence-electron chi connectivity index (χ1n) is 11.2. The third kappa shape index (κ3) is 4.60. The number of benzene rings is 1. The second-order valence-electron chi connectivity index (χ2n) is 9.32. The molecule has 4 amide bonds. The van der Waals surface area contributed by atoms with Gasteiger partial charge in [0.2, 0.25) is 5.91 Å². The normalized spacial score (nSPS) is 24.2. The number of piperidine rings is 2. The number of carbonyl (C=O) groups excluding carboxylic acids is 3. The molecular weight excluding hydrogens is 394 g/mol. The number of rotatable bonds is 5. The van der Waals surface area contributed by atoms with Gasteiger partial charge in [-0.15, -0.1) is 0 Å². The predicted octanol–water partition coefficient (Wildman–Crippen LogP) is 1.13. The van der Waals surface area contributed by atoms with Crippen LogP contribution >= 0.6 is 0 Å². The molecule has 1 spiro atoms. The van der Waals surface area contributed by atoms with Gasteiger partial charge in [-0.2, -0.15) is 0 Å². The number of carbonyl (C=O) groups is 3. The van der Waals surface area contributed by atoms with Crippen molar-refractivity contribution in [1.82, 2.24) is 24.9 Å². The minimum absolute atomic E-state index is 0.0469. The summed E-state index contributed by atoms with van der Waals surface area (Å²) in [6.45, 7) is 3.86. The summed E-state index contributed by atoms with van der Waals surface area (Å²) >= 11 is 0. The zero-order valence-corrected chi connectivity index (χ0v) is 18.5. The molecule has 1 atom stereocenters. The number of hydrogen-bond acceptors (Lipinski definition) is 5. The van der Waals surface area contributed by atoms with E-state index < -0.39 is 5.54 Å². The van der Waals surface area contributed by atoms with Gasteiger partial charge in [0.05, 0.1) is 12.6 Å². The topological polar surface area (TPSA) is 76.2 Å². The molecule has 3 aliphatic heterocycles. The molecule has 3 saturated heterocycles. The van der Waals surface area contributed by atoms with Crippen molar-refractivity contribution in [3.8, 4) is 0 Å². The lowest BCUT2D eigenvalue weighted by atomic mass is 9.87. The lowest BCUT2D eigenvalue weighted by Gasteiger charge is -2.39. The molecule has 1 aromatic carbocycles. The summed E-state index contributed by atoms with van der Waals surface area (Å²) in [7, 11) is 3.73. The summed E-state index contributed by atoms with van der Waals surface area (Å²) in [4.78, 5) is 46.2. The Morgan fingerprint density at radius 3 is 2.52 bits per heavy atom. The Morgan fingerprint density at radius 1 is 1.13 bits per heavy atom. The number of hydrogen-bond donors (Lipinski definition) is 1. The monoisotopic (exact) mass is 427 g/mol. The molecule has 0 radical (unpaired) electrons. The standard InChI is InChI=1S/C23H33N5O3/c1-25(2)17-20(29)27-12-6-9-19(16-27)28-21(30)23(24-22(28)31)10-13-26(14-11-23)15-18-7-4-3-5-8-18/h3-5,7-8,19H,6,9-17H2,1-2H3,(H,24,31)/t19-/m1/s1. The van der Waals surface area contributed by atoms with Gasteiger partial charge < -0.3 is 15.1 Å². The van der Waals surface area contributed by atoms with Crippen molar-refractivity contribution in [3.63, 3.8) is 0 Å². The van der Waals surface area contributed by atoms with E-state index >= 15 is 0 Å². The number of nitrogens with one attached hydrogen (secondary N) is 1. The van der Waals surface area contributed by atoms with Crippen LogP contribution in [0.15, 0.2) is 30.3 Å². The van der Waals surface area contributed by atoms with Crippen molar-refractivity contribution in [2.75, 3.05) is 46.8 Å². The minimum atomic E-state index is -0.791. The summed E-state index contributed by atoms with van der Waals surface area (Å²) < 4.78 is 0. The van der Waals surface area contributed by atoms with Crippen molar-refractivity contribution < 1.29 is 14.4 Å². The quantitative estimate of drug-likeness (QED) is 0.713. The Kier molecular flexibility index (Phi) is 6.29. The number of likely N-dealkylation sites (tertiary alicyclic amines) is 2. The van der Waals surface area contributed by atoms with E-state index in [1.54, 1.807) is 4.90 Å². The second-order valence-corrected chi connectivity index (χ2v) is 9.32. The zero-order valence-electron chi connectivity index (χ0n) is 18.5. The minimum Gasteiger partial charge on any atom is -0.340 e. The largest absolute Gasteiger partial charge is 0.340 e. The van der Waals surface area contributed by atoms with Gasteiger partial charge in [-0.1, -0.05) is 30.3 Å². The summed E-state index contributed by atoms with van der Waals surface area (Å²) in [5.74, 6) is -0.0607. The molecule has 1 aromatic rings. The van der Waals surface area contributed by atoms with Gasteiger partial charge in [-0.05, 0) is 45.3 Å². The Hall–Kier alpha value is -2.45. The lowest BCUT2D eigenvalue weighted by Crippen LogP contribution is -2.56. The van der Waals surface area contributed by atoms with Crippen LogP contribution in [0.4, 0.5) is 4.79 Å². The van der Waals surface area contributed by atoms with E-state index in [9.17, 15) is 14.4 Å². The average molecular weight is 428 g/mol. The van der Waals surface area contributed by atoms with Gasteiger partial charge in [0, 0.05) is 32.7 Å². The number of amides is 4.